The van der Waals surface area contributed by atoms with Crippen LogP contribution in [-0.4, -0.2) is 4.98 Å². The third kappa shape index (κ3) is 2.64. The summed E-state index contributed by atoms with van der Waals surface area (Å²) in [5, 5.41) is 0. The maximum Gasteiger partial charge on any atom is 0.123 e. The second kappa shape index (κ2) is 5.37. The Kier molecular flexibility index (Phi) is 4.14. The first-order chi connectivity index (χ1) is 7.27. The van der Waals surface area contributed by atoms with E-state index in [4.69, 9.17) is 0 Å². The smallest absolute Gasteiger partial charge is 0.123 e. The summed E-state index contributed by atoms with van der Waals surface area (Å²) in [7, 11) is 0. The van der Waals surface area contributed by atoms with Crippen LogP contribution >= 0.6 is 0 Å². The molecule has 2 rings (SSSR count). The quantitative estimate of drug-likeness (QED) is 0.838. The topological polar surface area (TPSA) is 47.9 Å². The van der Waals surface area contributed by atoms with Crippen LogP contribution in [0.5, 0.6) is 0 Å². The van der Waals surface area contributed by atoms with Gasteiger partial charge in [-0.1, -0.05) is 19.1 Å². The van der Waals surface area contributed by atoms with E-state index in [2.05, 4.69) is 11.9 Å². The van der Waals surface area contributed by atoms with E-state index in [0.717, 1.165) is 11.1 Å². The number of halogens is 1. The molecule has 3 heteroatoms. The van der Waals surface area contributed by atoms with Gasteiger partial charge in [0.05, 0.1) is 0 Å². The lowest BCUT2D eigenvalue weighted by Crippen LogP contribution is -1.96. The average Bonchev–Trinajstić information content (AvgIpc) is 2.29. The molecule has 84 valence electrons. The monoisotopic (exact) mass is 218 g/mol. The molecule has 0 amide bonds. The summed E-state index contributed by atoms with van der Waals surface area (Å²) in [6, 6.07) is 10.6. The van der Waals surface area contributed by atoms with Crippen molar-refractivity contribution in [3.05, 3.63) is 65.7 Å². The van der Waals surface area contributed by atoms with Gasteiger partial charge in [0.25, 0.3) is 0 Å². The van der Waals surface area contributed by atoms with Crippen LogP contribution in [0.15, 0.2) is 48.8 Å². The number of nitrogens with zero attached hydrogens (tertiary/aromatic N) is 1. The highest BCUT2D eigenvalue weighted by Crippen LogP contribution is 2.23. The van der Waals surface area contributed by atoms with E-state index in [-0.39, 0.29) is 17.9 Å². The molecule has 3 N–H and O–H groups in total. The molecule has 2 nitrogen and oxygen atoms in total. The van der Waals surface area contributed by atoms with Crippen LogP contribution in [0.25, 0.3) is 0 Å². The zero-order chi connectivity index (χ0) is 10.7. The third-order valence-electron chi connectivity index (χ3n) is 2.55. The number of pyridine rings is 1. The zero-order valence-electron chi connectivity index (χ0n) is 9.23. The van der Waals surface area contributed by atoms with E-state index >= 15 is 0 Å². The molecule has 1 unspecified atom stereocenters. The normalized spacial score (nSPS) is 11.6. The molecule has 1 aromatic carbocycles. The van der Waals surface area contributed by atoms with Crippen molar-refractivity contribution in [2.45, 2.75) is 12.8 Å². The van der Waals surface area contributed by atoms with Crippen molar-refractivity contribution in [2.75, 3.05) is 0 Å². The number of aromatic nitrogens is 1. The Balaban J connectivity index is 0.00000128. The fraction of sp³-hybridized carbons (Fsp3) is 0.154. The zero-order valence-corrected chi connectivity index (χ0v) is 9.23. The maximum atomic E-state index is 13.0. The third-order valence-corrected chi connectivity index (χ3v) is 2.55. The Morgan fingerprint density at radius 1 is 1.06 bits per heavy atom. The van der Waals surface area contributed by atoms with Crippen LogP contribution in [0.4, 0.5) is 4.39 Å². The minimum Gasteiger partial charge on any atom is -0.344 e. The Morgan fingerprint density at radius 3 is 2.38 bits per heavy atom. The summed E-state index contributed by atoms with van der Waals surface area (Å²) < 4.78 is 13.0. The summed E-state index contributed by atoms with van der Waals surface area (Å²) in [5.74, 6) is 0.0112. The molecule has 0 aliphatic carbocycles. The van der Waals surface area contributed by atoms with E-state index in [9.17, 15) is 4.39 Å². The summed E-state index contributed by atoms with van der Waals surface area (Å²) in [6.07, 6.45) is 3.51. The predicted molar refractivity (Wildman–Crippen MR) is 63.2 cm³/mol. The van der Waals surface area contributed by atoms with Gasteiger partial charge in [0.15, 0.2) is 0 Å². The maximum absolute atomic E-state index is 13.0. The second-order valence-corrected chi connectivity index (χ2v) is 3.56. The van der Waals surface area contributed by atoms with Gasteiger partial charge in [-0.05, 0) is 35.4 Å². The van der Waals surface area contributed by atoms with Gasteiger partial charge in [-0.2, -0.15) is 0 Å². The Bertz CT molecular complexity index is 443. The standard InChI is InChI=1S/C13H12FN.H3N/c1-10(11-5-7-15-8-6-11)12-3-2-4-13(14)9-12;/h2-10H,1H3;1H3. The van der Waals surface area contributed by atoms with Crippen molar-refractivity contribution in [1.29, 1.82) is 0 Å². The number of hydrogen-bond acceptors (Lipinski definition) is 2. The van der Waals surface area contributed by atoms with Crippen molar-refractivity contribution < 1.29 is 4.39 Å². The summed E-state index contributed by atoms with van der Waals surface area (Å²) in [4.78, 5) is 3.96. The molecule has 1 heterocycles. The van der Waals surface area contributed by atoms with E-state index in [0.29, 0.717) is 0 Å². The van der Waals surface area contributed by atoms with Crippen molar-refractivity contribution in [2.24, 2.45) is 0 Å². The van der Waals surface area contributed by atoms with Crippen LogP contribution in [0.2, 0.25) is 0 Å². The lowest BCUT2D eigenvalue weighted by Gasteiger charge is -2.11. The molecule has 1 atom stereocenters. The molecular weight excluding hydrogens is 203 g/mol. The first-order valence-electron chi connectivity index (χ1n) is 4.93. The van der Waals surface area contributed by atoms with Gasteiger partial charge in [0, 0.05) is 18.3 Å². The number of rotatable bonds is 2. The minimum absolute atomic E-state index is 0. The lowest BCUT2D eigenvalue weighted by molar-refractivity contribution is 0.624. The molecule has 16 heavy (non-hydrogen) atoms. The van der Waals surface area contributed by atoms with Gasteiger partial charge in [0.2, 0.25) is 0 Å². The molecule has 1 aromatic heterocycles. The predicted octanol–water partition coefficient (Wildman–Crippen LogP) is 3.53. The molecule has 0 saturated heterocycles. The van der Waals surface area contributed by atoms with Gasteiger partial charge in [-0.3, -0.25) is 4.98 Å². The van der Waals surface area contributed by atoms with Crippen molar-refractivity contribution in [1.82, 2.24) is 11.1 Å². The molecule has 0 aliphatic rings. The van der Waals surface area contributed by atoms with Gasteiger partial charge < -0.3 is 6.15 Å². The van der Waals surface area contributed by atoms with Crippen molar-refractivity contribution >= 4 is 0 Å². The van der Waals surface area contributed by atoms with Crippen LogP contribution in [0, 0.1) is 5.82 Å². The highest BCUT2D eigenvalue weighted by atomic mass is 19.1. The molecule has 0 spiro atoms. The number of hydrogen-bond donors (Lipinski definition) is 1. The van der Waals surface area contributed by atoms with Crippen molar-refractivity contribution in [3.63, 3.8) is 0 Å². The SMILES string of the molecule is CC(c1ccncc1)c1cccc(F)c1.N. The van der Waals surface area contributed by atoms with E-state index < -0.39 is 0 Å². The van der Waals surface area contributed by atoms with Crippen LogP contribution in [0.3, 0.4) is 0 Å². The summed E-state index contributed by atoms with van der Waals surface area (Å²) >= 11 is 0. The lowest BCUT2D eigenvalue weighted by atomic mass is 9.94. The van der Waals surface area contributed by atoms with Gasteiger partial charge in [-0.15, -0.1) is 0 Å². The van der Waals surface area contributed by atoms with E-state index in [1.165, 1.54) is 6.07 Å². The summed E-state index contributed by atoms with van der Waals surface area (Å²) in [5.41, 5.74) is 2.14. The first kappa shape index (κ1) is 12.3. The molecule has 0 radical (unpaired) electrons. The Hall–Kier alpha value is -1.74. The highest BCUT2D eigenvalue weighted by molar-refractivity contribution is 5.30. The largest absolute Gasteiger partial charge is 0.344 e. The van der Waals surface area contributed by atoms with Crippen LogP contribution in [-0.2, 0) is 0 Å². The fourth-order valence-corrected chi connectivity index (χ4v) is 1.62. The molecular formula is C13H15FN2. The van der Waals surface area contributed by atoms with E-state index in [1.807, 2.05) is 18.2 Å². The molecule has 0 saturated carbocycles. The Morgan fingerprint density at radius 2 is 1.75 bits per heavy atom. The highest BCUT2D eigenvalue weighted by Gasteiger charge is 2.08. The molecule has 0 fully saturated rings. The number of benzene rings is 1. The molecule has 2 aromatic rings. The molecule has 0 aliphatic heterocycles. The second-order valence-electron chi connectivity index (χ2n) is 3.56. The minimum atomic E-state index is -0.187. The van der Waals surface area contributed by atoms with Gasteiger partial charge in [-0.25, -0.2) is 4.39 Å². The average molecular weight is 218 g/mol. The Labute approximate surface area is 94.7 Å². The fourth-order valence-electron chi connectivity index (χ4n) is 1.62. The van der Waals surface area contributed by atoms with Crippen molar-refractivity contribution in [3.8, 4) is 0 Å². The van der Waals surface area contributed by atoms with E-state index in [1.54, 1.807) is 24.5 Å². The first-order valence-corrected chi connectivity index (χ1v) is 4.93. The van der Waals surface area contributed by atoms with Gasteiger partial charge in [0.1, 0.15) is 5.82 Å². The van der Waals surface area contributed by atoms with Crippen LogP contribution in [0.1, 0.15) is 24.0 Å². The molecule has 0 bridgehead atoms. The van der Waals surface area contributed by atoms with Gasteiger partial charge >= 0.3 is 0 Å². The summed E-state index contributed by atoms with van der Waals surface area (Å²) in [6.45, 7) is 2.06. The van der Waals surface area contributed by atoms with Crippen LogP contribution < -0.4 is 6.15 Å².